The molecule has 6 heteroatoms. The van der Waals surface area contributed by atoms with Gasteiger partial charge in [0.05, 0.1) is 5.56 Å². The maximum atomic E-state index is 13.0. The number of carbonyl (C=O) groups excluding carboxylic acids is 1. The molecule has 1 saturated carbocycles. The van der Waals surface area contributed by atoms with Crippen molar-refractivity contribution in [2.24, 2.45) is 5.41 Å². The molecule has 0 radical (unpaired) electrons. The fourth-order valence-corrected chi connectivity index (χ4v) is 1.90. The maximum Gasteiger partial charge on any atom is 0.335 e. The molecular weight excluding hydrogens is 256 g/mol. The largest absolute Gasteiger partial charge is 0.478 e. The fraction of sp³-hybridized carbons (Fsp3) is 0.385. The quantitative estimate of drug-likeness (QED) is 0.886. The number of aromatic carboxylic acids is 1. The molecule has 19 heavy (non-hydrogen) atoms. The molecule has 0 bridgehead atoms. The Morgan fingerprint density at radius 3 is 2.37 bits per heavy atom. The smallest absolute Gasteiger partial charge is 0.335 e. The summed E-state index contributed by atoms with van der Waals surface area (Å²) < 4.78 is 26.1. The van der Waals surface area contributed by atoms with Gasteiger partial charge in [0.1, 0.15) is 5.41 Å². The van der Waals surface area contributed by atoms with Crippen LogP contribution in [-0.4, -0.2) is 22.9 Å². The Balaban J connectivity index is 2.15. The Kier molecular flexibility index (Phi) is 2.84. The van der Waals surface area contributed by atoms with Crippen LogP contribution >= 0.6 is 0 Å². The molecule has 1 atom stereocenters. The Labute approximate surface area is 108 Å². The minimum Gasteiger partial charge on any atom is -0.478 e. The first kappa shape index (κ1) is 13.5. The first-order chi connectivity index (χ1) is 8.67. The SMILES string of the molecule is Cc1cc(NC(=O)C2(C)CC2(F)F)ccc1C(=O)O. The number of hydrogen-bond acceptors (Lipinski definition) is 2. The monoisotopic (exact) mass is 269 g/mol. The second kappa shape index (κ2) is 4.01. The van der Waals surface area contributed by atoms with Gasteiger partial charge in [0.15, 0.2) is 0 Å². The molecule has 0 heterocycles. The normalized spacial score (nSPS) is 23.8. The third-order valence-electron chi connectivity index (χ3n) is 3.47. The van der Waals surface area contributed by atoms with E-state index in [9.17, 15) is 18.4 Å². The lowest BCUT2D eigenvalue weighted by Crippen LogP contribution is -2.26. The van der Waals surface area contributed by atoms with E-state index in [1.165, 1.54) is 25.1 Å². The molecule has 2 N–H and O–H groups in total. The molecule has 1 unspecified atom stereocenters. The molecule has 1 aliphatic rings. The van der Waals surface area contributed by atoms with Gasteiger partial charge in [-0.2, -0.15) is 0 Å². The van der Waals surface area contributed by atoms with Crippen molar-refractivity contribution in [3.8, 4) is 0 Å². The Morgan fingerprint density at radius 2 is 1.95 bits per heavy atom. The average Bonchev–Trinajstić information content (AvgIpc) is 2.79. The van der Waals surface area contributed by atoms with Crippen molar-refractivity contribution in [1.29, 1.82) is 0 Å². The maximum absolute atomic E-state index is 13.0. The molecule has 1 aromatic carbocycles. The van der Waals surface area contributed by atoms with Gasteiger partial charge in [-0.05, 0) is 37.6 Å². The molecule has 0 aromatic heterocycles. The molecule has 1 fully saturated rings. The van der Waals surface area contributed by atoms with E-state index >= 15 is 0 Å². The highest BCUT2D eigenvalue weighted by atomic mass is 19.3. The van der Waals surface area contributed by atoms with Crippen LogP contribution in [-0.2, 0) is 4.79 Å². The summed E-state index contributed by atoms with van der Waals surface area (Å²) in [6.07, 6.45) is -0.460. The van der Waals surface area contributed by atoms with E-state index in [1.807, 2.05) is 0 Å². The topological polar surface area (TPSA) is 66.4 Å². The zero-order valence-electron chi connectivity index (χ0n) is 10.5. The van der Waals surface area contributed by atoms with Crippen molar-refractivity contribution in [2.75, 3.05) is 5.32 Å². The first-order valence-corrected chi connectivity index (χ1v) is 5.70. The van der Waals surface area contributed by atoms with Gasteiger partial charge < -0.3 is 10.4 Å². The number of carbonyl (C=O) groups is 2. The number of nitrogens with one attached hydrogen (secondary N) is 1. The van der Waals surface area contributed by atoms with Gasteiger partial charge in [0.25, 0.3) is 5.92 Å². The molecule has 1 aliphatic carbocycles. The number of carboxylic acids is 1. The van der Waals surface area contributed by atoms with Gasteiger partial charge in [0, 0.05) is 12.1 Å². The van der Waals surface area contributed by atoms with Gasteiger partial charge in [0.2, 0.25) is 5.91 Å². The lowest BCUT2D eigenvalue weighted by molar-refractivity contribution is -0.123. The third-order valence-corrected chi connectivity index (χ3v) is 3.47. The minimum absolute atomic E-state index is 0.112. The lowest BCUT2D eigenvalue weighted by atomic mass is 10.1. The summed E-state index contributed by atoms with van der Waals surface area (Å²) in [5, 5.41) is 11.3. The fourth-order valence-electron chi connectivity index (χ4n) is 1.90. The number of benzene rings is 1. The number of alkyl halides is 2. The summed E-state index contributed by atoms with van der Waals surface area (Å²) in [6.45, 7) is 2.79. The lowest BCUT2D eigenvalue weighted by Gasteiger charge is -2.12. The number of rotatable bonds is 3. The Morgan fingerprint density at radius 1 is 1.37 bits per heavy atom. The molecule has 1 amide bonds. The second-order valence-electron chi connectivity index (χ2n) is 5.00. The van der Waals surface area contributed by atoms with Gasteiger partial charge in [-0.15, -0.1) is 0 Å². The van der Waals surface area contributed by atoms with Crippen LogP contribution in [0.1, 0.15) is 29.3 Å². The van der Waals surface area contributed by atoms with E-state index < -0.39 is 29.6 Å². The van der Waals surface area contributed by atoms with E-state index in [0.29, 0.717) is 11.3 Å². The van der Waals surface area contributed by atoms with Crippen LogP contribution in [0, 0.1) is 12.3 Å². The van der Waals surface area contributed by atoms with Crippen molar-refractivity contribution in [3.05, 3.63) is 29.3 Å². The Hall–Kier alpha value is -1.98. The molecular formula is C13H13F2NO3. The van der Waals surface area contributed by atoms with E-state index in [4.69, 9.17) is 5.11 Å². The van der Waals surface area contributed by atoms with Crippen molar-refractivity contribution in [1.82, 2.24) is 0 Å². The summed E-state index contributed by atoms with van der Waals surface area (Å²) in [4.78, 5) is 22.6. The highest BCUT2D eigenvalue weighted by molar-refractivity contribution is 5.99. The summed E-state index contributed by atoms with van der Waals surface area (Å²) in [7, 11) is 0. The molecule has 4 nitrogen and oxygen atoms in total. The van der Waals surface area contributed by atoms with Gasteiger partial charge >= 0.3 is 5.97 Å². The number of anilines is 1. The summed E-state index contributed by atoms with van der Waals surface area (Å²) in [6, 6.07) is 4.17. The van der Waals surface area contributed by atoms with E-state index in [1.54, 1.807) is 6.92 Å². The minimum atomic E-state index is -2.97. The van der Waals surface area contributed by atoms with Gasteiger partial charge in [-0.3, -0.25) is 4.79 Å². The summed E-state index contributed by atoms with van der Waals surface area (Å²) in [5.74, 6) is -4.79. The molecule has 0 spiro atoms. The molecule has 1 aromatic rings. The molecule has 102 valence electrons. The van der Waals surface area contributed by atoms with Crippen LogP contribution in [0.15, 0.2) is 18.2 Å². The molecule has 0 aliphatic heterocycles. The van der Waals surface area contributed by atoms with Crippen molar-refractivity contribution in [3.63, 3.8) is 0 Å². The second-order valence-corrected chi connectivity index (χ2v) is 5.00. The zero-order valence-corrected chi connectivity index (χ0v) is 10.5. The third kappa shape index (κ3) is 2.18. The van der Waals surface area contributed by atoms with Crippen molar-refractivity contribution >= 4 is 17.6 Å². The van der Waals surface area contributed by atoms with Crippen LogP contribution in [0.3, 0.4) is 0 Å². The van der Waals surface area contributed by atoms with Crippen molar-refractivity contribution in [2.45, 2.75) is 26.2 Å². The van der Waals surface area contributed by atoms with Crippen LogP contribution in [0.4, 0.5) is 14.5 Å². The number of amides is 1. The molecule has 0 saturated heterocycles. The standard InChI is InChI=1S/C13H13F2NO3/c1-7-5-8(3-4-9(7)10(17)18)16-11(19)12(2)6-13(12,14)15/h3-5H,6H2,1-2H3,(H,16,19)(H,17,18). The van der Waals surface area contributed by atoms with Crippen LogP contribution in [0.2, 0.25) is 0 Å². The summed E-state index contributed by atoms with van der Waals surface area (Å²) >= 11 is 0. The highest BCUT2D eigenvalue weighted by Gasteiger charge is 2.72. The van der Waals surface area contributed by atoms with Crippen LogP contribution in [0.5, 0.6) is 0 Å². The highest BCUT2D eigenvalue weighted by Crippen LogP contribution is 2.60. The van der Waals surface area contributed by atoms with Gasteiger partial charge in [-0.1, -0.05) is 0 Å². The number of halogens is 2. The first-order valence-electron chi connectivity index (χ1n) is 5.70. The Bertz CT molecular complexity index is 571. The number of aryl methyl sites for hydroxylation is 1. The number of carboxylic acid groups (broad SMARTS) is 1. The van der Waals surface area contributed by atoms with Gasteiger partial charge in [-0.25, -0.2) is 13.6 Å². The van der Waals surface area contributed by atoms with Crippen LogP contribution < -0.4 is 5.32 Å². The van der Waals surface area contributed by atoms with E-state index in [-0.39, 0.29) is 5.56 Å². The predicted molar refractivity (Wildman–Crippen MR) is 64.4 cm³/mol. The zero-order chi connectivity index (χ0) is 14.4. The van der Waals surface area contributed by atoms with E-state index in [2.05, 4.69) is 5.32 Å². The van der Waals surface area contributed by atoms with E-state index in [0.717, 1.165) is 0 Å². The predicted octanol–water partition coefficient (Wildman–Crippen LogP) is 2.68. The average molecular weight is 269 g/mol. The number of hydrogen-bond donors (Lipinski definition) is 2. The van der Waals surface area contributed by atoms with Crippen molar-refractivity contribution < 1.29 is 23.5 Å². The van der Waals surface area contributed by atoms with Crippen LogP contribution in [0.25, 0.3) is 0 Å². The molecule has 2 rings (SSSR count). The summed E-state index contributed by atoms with van der Waals surface area (Å²) in [5.41, 5.74) is -0.776.